The van der Waals surface area contributed by atoms with E-state index in [4.69, 9.17) is 9.84 Å². The second-order valence-corrected chi connectivity index (χ2v) is 2.77. The van der Waals surface area contributed by atoms with Crippen molar-refractivity contribution in [2.24, 2.45) is 5.92 Å². The van der Waals surface area contributed by atoms with Gasteiger partial charge in [-0.25, -0.2) is 4.79 Å². The fourth-order valence-corrected chi connectivity index (χ4v) is 0.823. The highest BCUT2D eigenvalue weighted by molar-refractivity contribution is 5.67. The molecule has 4 nitrogen and oxygen atoms in total. The van der Waals surface area contributed by atoms with Gasteiger partial charge in [-0.2, -0.15) is 0 Å². The van der Waals surface area contributed by atoms with Crippen LogP contribution in [0, 0.1) is 5.92 Å². The van der Waals surface area contributed by atoms with Gasteiger partial charge in [-0.05, 0) is 6.92 Å². The van der Waals surface area contributed by atoms with Crippen LogP contribution in [0.1, 0.15) is 6.92 Å². The Bertz CT molecular complexity index is 200. The van der Waals surface area contributed by atoms with Crippen molar-refractivity contribution in [3.8, 4) is 0 Å². The number of aliphatic hydroxyl groups is 1. The average Bonchev–Trinajstić information content (AvgIpc) is 2.75. The van der Waals surface area contributed by atoms with Crippen LogP contribution < -0.4 is 5.32 Å². The predicted octanol–water partition coefficient (Wildman–Crippen LogP) is 0.281. The summed E-state index contributed by atoms with van der Waals surface area (Å²) in [6.07, 6.45) is 1.58. The summed E-state index contributed by atoms with van der Waals surface area (Å²) in [5, 5.41) is 10.8. The van der Waals surface area contributed by atoms with Crippen LogP contribution in [0.3, 0.4) is 0 Å². The van der Waals surface area contributed by atoms with Crippen LogP contribution in [0.2, 0.25) is 0 Å². The second-order valence-electron chi connectivity index (χ2n) is 2.77. The zero-order valence-corrected chi connectivity index (χ0v) is 7.04. The Hall–Kier alpha value is -1.03. The number of rotatable bonds is 4. The van der Waals surface area contributed by atoms with Crippen LogP contribution in [0.15, 0.2) is 11.6 Å². The van der Waals surface area contributed by atoms with E-state index >= 15 is 0 Å². The lowest BCUT2D eigenvalue weighted by molar-refractivity contribution is 0.140. The van der Waals surface area contributed by atoms with Crippen molar-refractivity contribution in [3.05, 3.63) is 11.6 Å². The summed E-state index contributed by atoms with van der Waals surface area (Å²) < 4.78 is 4.83. The molecule has 1 aliphatic carbocycles. The number of hydrogen-bond donors (Lipinski definition) is 2. The first kappa shape index (κ1) is 9.06. The number of carbonyl (C=O) groups is 1. The van der Waals surface area contributed by atoms with Crippen molar-refractivity contribution in [3.63, 3.8) is 0 Å². The Balaban J connectivity index is 1.96. The van der Waals surface area contributed by atoms with Crippen molar-refractivity contribution in [2.45, 2.75) is 6.92 Å². The summed E-state index contributed by atoms with van der Waals surface area (Å²) in [5.74, 6) is 0.352. The highest BCUT2D eigenvalue weighted by atomic mass is 16.5. The summed E-state index contributed by atoms with van der Waals surface area (Å²) in [5.41, 5.74) is 1.27. The van der Waals surface area contributed by atoms with E-state index in [-0.39, 0.29) is 13.2 Å². The van der Waals surface area contributed by atoms with Gasteiger partial charge >= 0.3 is 6.09 Å². The van der Waals surface area contributed by atoms with Gasteiger partial charge in [0.1, 0.15) is 6.61 Å². The van der Waals surface area contributed by atoms with E-state index in [1.807, 2.05) is 13.0 Å². The van der Waals surface area contributed by atoms with Gasteiger partial charge < -0.3 is 15.2 Å². The minimum atomic E-state index is -0.461. The summed E-state index contributed by atoms with van der Waals surface area (Å²) in [6.45, 7) is 2.61. The van der Waals surface area contributed by atoms with Gasteiger partial charge in [-0.1, -0.05) is 11.6 Å². The summed E-state index contributed by atoms with van der Waals surface area (Å²) in [4.78, 5) is 10.8. The monoisotopic (exact) mass is 171 g/mol. The molecule has 0 aromatic heterocycles. The molecule has 1 aliphatic rings. The molecule has 1 rings (SSSR count). The third kappa shape index (κ3) is 2.92. The molecule has 0 saturated carbocycles. The third-order valence-electron chi connectivity index (χ3n) is 1.71. The first-order valence-electron chi connectivity index (χ1n) is 3.94. The molecule has 1 amide bonds. The van der Waals surface area contributed by atoms with Gasteiger partial charge in [-0.15, -0.1) is 0 Å². The smallest absolute Gasteiger partial charge is 0.407 e. The number of amides is 1. The van der Waals surface area contributed by atoms with Gasteiger partial charge in [0, 0.05) is 12.5 Å². The average molecular weight is 171 g/mol. The Morgan fingerprint density at radius 2 is 2.50 bits per heavy atom. The highest BCUT2D eigenvalue weighted by Crippen LogP contribution is 2.27. The van der Waals surface area contributed by atoms with E-state index in [1.165, 1.54) is 5.57 Å². The molecule has 0 spiro atoms. The molecule has 12 heavy (non-hydrogen) atoms. The van der Waals surface area contributed by atoms with Gasteiger partial charge in [0.15, 0.2) is 0 Å². The Labute approximate surface area is 71.2 Å². The molecule has 0 unspecified atom stereocenters. The maximum absolute atomic E-state index is 10.8. The molecular weight excluding hydrogens is 158 g/mol. The molecule has 4 heteroatoms. The Kier molecular flexibility index (Phi) is 3.10. The lowest BCUT2D eigenvalue weighted by Crippen LogP contribution is -2.27. The first-order chi connectivity index (χ1) is 5.74. The van der Waals surface area contributed by atoms with Gasteiger partial charge in [-0.3, -0.25) is 0 Å². The van der Waals surface area contributed by atoms with E-state index in [9.17, 15) is 4.79 Å². The molecule has 0 bridgehead atoms. The van der Waals surface area contributed by atoms with Crippen LogP contribution in [0.5, 0.6) is 0 Å². The van der Waals surface area contributed by atoms with E-state index in [1.54, 1.807) is 0 Å². The molecule has 0 aliphatic heterocycles. The van der Waals surface area contributed by atoms with Gasteiger partial charge in [0.25, 0.3) is 0 Å². The first-order valence-corrected chi connectivity index (χ1v) is 3.94. The lowest BCUT2D eigenvalue weighted by Gasteiger charge is -2.04. The number of ether oxygens (including phenoxy) is 1. The minimum absolute atomic E-state index is 0.0597. The normalized spacial score (nSPS) is 19.8. The topological polar surface area (TPSA) is 58.6 Å². The van der Waals surface area contributed by atoms with E-state index < -0.39 is 6.09 Å². The number of alkyl carbamates (subject to hydrolysis) is 1. The van der Waals surface area contributed by atoms with Crippen LogP contribution in [0.4, 0.5) is 4.79 Å². The lowest BCUT2D eigenvalue weighted by atomic mass is 10.3. The quantitative estimate of drug-likeness (QED) is 0.597. The van der Waals surface area contributed by atoms with E-state index in [0.717, 1.165) is 0 Å². The number of hydrogen-bond acceptors (Lipinski definition) is 3. The summed E-state index contributed by atoms with van der Waals surface area (Å²) in [7, 11) is 0. The molecule has 2 N–H and O–H groups in total. The molecular formula is C8H13NO3. The standard InChI is InChI=1S/C8H13NO3/c1-6-4-7(6)5-12-8(11)9-2-3-10/h4,7,10H,2-3,5H2,1H3,(H,9,11)/t7-/m0/s1. The van der Waals surface area contributed by atoms with E-state index in [2.05, 4.69) is 5.32 Å². The number of nitrogens with one attached hydrogen (secondary N) is 1. The molecule has 0 heterocycles. The summed E-state index contributed by atoms with van der Waals surface area (Å²) in [6, 6.07) is 0. The van der Waals surface area contributed by atoms with Crippen molar-refractivity contribution in [1.82, 2.24) is 5.32 Å². The van der Waals surface area contributed by atoms with Crippen molar-refractivity contribution in [1.29, 1.82) is 0 Å². The maximum atomic E-state index is 10.8. The fraction of sp³-hybridized carbons (Fsp3) is 0.625. The fourth-order valence-electron chi connectivity index (χ4n) is 0.823. The van der Waals surface area contributed by atoms with Gasteiger partial charge in [0.2, 0.25) is 0 Å². The third-order valence-corrected chi connectivity index (χ3v) is 1.71. The van der Waals surface area contributed by atoms with Crippen LogP contribution >= 0.6 is 0 Å². The zero-order valence-electron chi connectivity index (χ0n) is 7.04. The molecule has 0 saturated heterocycles. The van der Waals surface area contributed by atoms with E-state index in [0.29, 0.717) is 12.5 Å². The molecule has 1 atom stereocenters. The number of aliphatic hydroxyl groups excluding tert-OH is 1. The Morgan fingerprint density at radius 3 is 3.00 bits per heavy atom. The highest BCUT2D eigenvalue weighted by Gasteiger charge is 2.21. The molecule has 0 aromatic carbocycles. The molecule has 68 valence electrons. The van der Waals surface area contributed by atoms with Crippen LogP contribution in [-0.2, 0) is 4.74 Å². The van der Waals surface area contributed by atoms with Crippen molar-refractivity contribution >= 4 is 6.09 Å². The Morgan fingerprint density at radius 1 is 1.83 bits per heavy atom. The molecule has 0 radical (unpaired) electrons. The summed E-state index contributed by atoms with van der Waals surface area (Å²) >= 11 is 0. The predicted molar refractivity (Wildman–Crippen MR) is 43.7 cm³/mol. The van der Waals surface area contributed by atoms with Gasteiger partial charge in [0.05, 0.1) is 6.61 Å². The second kappa shape index (κ2) is 4.11. The molecule has 0 aromatic rings. The van der Waals surface area contributed by atoms with Crippen molar-refractivity contribution < 1.29 is 14.6 Å². The largest absolute Gasteiger partial charge is 0.449 e. The molecule has 0 fully saturated rings. The van der Waals surface area contributed by atoms with Crippen molar-refractivity contribution in [2.75, 3.05) is 19.8 Å². The number of carbonyl (C=O) groups excluding carboxylic acids is 1. The van der Waals surface area contributed by atoms with Crippen LogP contribution in [-0.4, -0.2) is 31.0 Å². The SMILES string of the molecule is CC1=C[C@H]1COC(=O)NCCO. The zero-order chi connectivity index (χ0) is 8.97. The maximum Gasteiger partial charge on any atom is 0.407 e. The minimum Gasteiger partial charge on any atom is -0.449 e. The van der Waals surface area contributed by atoms with Crippen LogP contribution in [0.25, 0.3) is 0 Å².